The van der Waals surface area contributed by atoms with E-state index in [-0.39, 0.29) is 5.56 Å². The number of carboxylic acids is 1. The van der Waals surface area contributed by atoms with Crippen LogP contribution >= 0.6 is 15.9 Å². The van der Waals surface area contributed by atoms with E-state index in [0.717, 1.165) is 4.47 Å². The predicted molar refractivity (Wildman–Crippen MR) is 135 cm³/mol. The molecule has 0 aliphatic rings. The topological polar surface area (TPSA) is 103 Å². The van der Waals surface area contributed by atoms with Crippen LogP contribution in [0.2, 0.25) is 0 Å². The summed E-state index contributed by atoms with van der Waals surface area (Å²) in [5, 5.41) is 13.9. The zero-order chi connectivity index (χ0) is 25.0. The average molecular weight is 528 g/mol. The van der Waals surface area contributed by atoms with Gasteiger partial charge in [-0.05, 0) is 42.3 Å². The maximum absolute atomic E-state index is 13.3. The summed E-state index contributed by atoms with van der Waals surface area (Å²) in [7, 11) is 1.47. The van der Waals surface area contributed by atoms with Gasteiger partial charge in [-0.3, -0.25) is 4.79 Å². The first-order valence-electron chi connectivity index (χ1n) is 10.5. The lowest BCUT2D eigenvalue weighted by Gasteiger charge is -2.21. The summed E-state index contributed by atoms with van der Waals surface area (Å²) in [6.45, 7) is 9.14. The number of methoxy groups -OCH3 is 1. The summed E-state index contributed by atoms with van der Waals surface area (Å²) < 4.78 is 13.0. The van der Waals surface area contributed by atoms with Crippen LogP contribution in [0.5, 0.6) is 11.5 Å². The van der Waals surface area contributed by atoms with Crippen molar-refractivity contribution in [2.45, 2.75) is 32.6 Å². The monoisotopic (exact) mass is 527 g/mol. The summed E-state index contributed by atoms with van der Waals surface area (Å²) >= 11 is 3.41. The van der Waals surface area contributed by atoms with Gasteiger partial charge in [-0.15, -0.1) is 6.58 Å². The van der Waals surface area contributed by atoms with Gasteiger partial charge in [-0.2, -0.15) is 9.78 Å². The van der Waals surface area contributed by atoms with Crippen LogP contribution in [-0.2, 0) is 16.6 Å². The Hall–Kier alpha value is -3.46. The number of rotatable bonds is 8. The van der Waals surface area contributed by atoms with E-state index in [1.807, 2.05) is 26.8 Å². The van der Waals surface area contributed by atoms with E-state index in [2.05, 4.69) is 27.6 Å². The van der Waals surface area contributed by atoms with Crippen LogP contribution in [0.1, 0.15) is 37.7 Å². The molecule has 0 bridgehead atoms. The van der Waals surface area contributed by atoms with E-state index >= 15 is 0 Å². The Morgan fingerprint density at radius 3 is 2.65 bits per heavy atom. The first-order valence-corrected chi connectivity index (χ1v) is 11.3. The standard InChI is InChI=1S/C25H26BrN3O5/c1-6-7-16-10-15(11-20(33-5)22(16)34-14-21(30)31)13-27-29-23(32)18-12-17(26)8-9-19(18)28-24(29)25(2,3)4/h6,8-13H,1,7,14H2,2-5H3,(H,30,31). The fraction of sp³-hybridized carbons (Fsp3) is 0.280. The minimum Gasteiger partial charge on any atom is -0.493 e. The Labute approximate surface area is 205 Å². The van der Waals surface area contributed by atoms with E-state index in [4.69, 9.17) is 19.6 Å². The molecule has 0 saturated carbocycles. The Kier molecular flexibility index (Phi) is 7.56. The fourth-order valence-electron chi connectivity index (χ4n) is 3.38. The molecule has 0 aliphatic heterocycles. The normalized spacial score (nSPS) is 11.7. The number of allylic oxidation sites excluding steroid dienone is 1. The molecule has 0 atom stereocenters. The van der Waals surface area contributed by atoms with E-state index in [9.17, 15) is 9.59 Å². The first kappa shape index (κ1) is 25.2. The van der Waals surface area contributed by atoms with Crippen molar-refractivity contribution in [3.8, 4) is 11.5 Å². The minimum atomic E-state index is -1.10. The highest BCUT2D eigenvalue weighted by Crippen LogP contribution is 2.33. The molecule has 8 nitrogen and oxygen atoms in total. The Morgan fingerprint density at radius 2 is 2.03 bits per heavy atom. The molecule has 3 rings (SSSR count). The largest absolute Gasteiger partial charge is 0.493 e. The second kappa shape index (κ2) is 10.2. The number of nitrogens with zero attached hydrogens (tertiary/aromatic N) is 3. The number of hydrogen-bond donors (Lipinski definition) is 1. The Balaban J connectivity index is 2.16. The van der Waals surface area contributed by atoms with Gasteiger partial charge in [0.25, 0.3) is 5.56 Å². The molecule has 2 aromatic carbocycles. The number of benzene rings is 2. The molecule has 1 N–H and O–H groups in total. The molecule has 1 heterocycles. The molecule has 0 radical (unpaired) electrons. The van der Waals surface area contributed by atoms with Gasteiger partial charge in [0.2, 0.25) is 0 Å². The van der Waals surface area contributed by atoms with E-state index in [0.29, 0.717) is 45.8 Å². The molecular weight excluding hydrogens is 502 g/mol. The lowest BCUT2D eigenvalue weighted by atomic mass is 9.95. The summed E-state index contributed by atoms with van der Waals surface area (Å²) in [6.07, 6.45) is 3.64. The molecular formula is C25H26BrN3O5. The van der Waals surface area contributed by atoms with E-state index in [1.54, 1.807) is 30.3 Å². The van der Waals surface area contributed by atoms with Crippen LogP contribution in [0.3, 0.4) is 0 Å². The van der Waals surface area contributed by atoms with Crippen molar-refractivity contribution >= 4 is 39.0 Å². The van der Waals surface area contributed by atoms with Crippen molar-refractivity contribution in [1.29, 1.82) is 0 Å². The fourth-order valence-corrected chi connectivity index (χ4v) is 3.74. The third kappa shape index (κ3) is 5.53. The molecule has 1 aromatic heterocycles. The first-order chi connectivity index (χ1) is 16.0. The number of fused-ring (bicyclic) bond motifs is 1. The zero-order valence-electron chi connectivity index (χ0n) is 19.5. The maximum atomic E-state index is 13.3. The molecule has 9 heteroatoms. The van der Waals surface area contributed by atoms with Gasteiger partial charge in [-0.1, -0.05) is 42.8 Å². The Morgan fingerprint density at radius 1 is 1.29 bits per heavy atom. The maximum Gasteiger partial charge on any atom is 0.341 e. The van der Waals surface area contributed by atoms with E-state index in [1.165, 1.54) is 18.0 Å². The van der Waals surface area contributed by atoms with Crippen LogP contribution in [0.15, 0.2) is 57.4 Å². The molecule has 34 heavy (non-hydrogen) atoms. The van der Waals surface area contributed by atoms with Gasteiger partial charge in [-0.25, -0.2) is 9.78 Å². The van der Waals surface area contributed by atoms with Gasteiger partial charge >= 0.3 is 5.97 Å². The Bertz CT molecular complexity index is 1340. The third-order valence-electron chi connectivity index (χ3n) is 4.88. The highest BCUT2D eigenvalue weighted by atomic mass is 79.9. The number of hydrogen-bond acceptors (Lipinski definition) is 6. The number of aromatic nitrogens is 2. The summed E-state index contributed by atoms with van der Waals surface area (Å²) in [4.78, 5) is 29.0. The van der Waals surface area contributed by atoms with Crippen molar-refractivity contribution in [2.75, 3.05) is 13.7 Å². The zero-order valence-corrected chi connectivity index (χ0v) is 21.0. The SMILES string of the molecule is C=CCc1cc(C=Nn2c(C(C)(C)C)nc3ccc(Br)cc3c2=O)cc(OC)c1OCC(=O)O. The molecule has 0 unspecified atom stereocenters. The molecule has 0 spiro atoms. The lowest BCUT2D eigenvalue weighted by molar-refractivity contribution is -0.139. The quantitative estimate of drug-likeness (QED) is 0.340. The summed E-state index contributed by atoms with van der Waals surface area (Å²) in [5.74, 6) is 0.0998. The minimum absolute atomic E-state index is 0.285. The van der Waals surface area contributed by atoms with Gasteiger partial charge in [0.15, 0.2) is 18.1 Å². The van der Waals surface area contributed by atoms with Gasteiger partial charge in [0, 0.05) is 15.5 Å². The molecule has 0 saturated heterocycles. The number of halogens is 1. The van der Waals surface area contributed by atoms with Crippen LogP contribution < -0.4 is 15.0 Å². The molecule has 0 aliphatic carbocycles. The van der Waals surface area contributed by atoms with Crippen molar-refractivity contribution in [2.24, 2.45) is 5.10 Å². The second-order valence-electron chi connectivity index (χ2n) is 8.60. The molecule has 178 valence electrons. The van der Waals surface area contributed by atoms with E-state index < -0.39 is 18.0 Å². The molecule has 0 fully saturated rings. The van der Waals surface area contributed by atoms with Crippen LogP contribution in [0, 0.1) is 0 Å². The smallest absolute Gasteiger partial charge is 0.341 e. The van der Waals surface area contributed by atoms with Gasteiger partial charge in [0.1, 0.15) is 5.82 Å². The second-order valence-corrected chi connectivity index (χ2v) is 9.51. The highest BCUT2D eigenvalue weighted by molar-refractivity contribution is 9.10. The lowest BCUT2D eigenvalue weighted by Crippen LogP contribution is -2.29. The number of ether oxygens (including phenoxy) is 2. The van der Waals surface area contributed by atoms with Crippen LogP contribution in [-0.4, -0.2) is 40.7 Å². The summed E-state index contributed by atoms with van der Waals surface area (Å²) in [5.41, 5.74) is 1.18. The summed E-state index contributed by atoms with van der Waals surface area (Å²) in [6, 6.07) is 8.82. The van der Waals surface area contributed by atoms with Crippen molar-refractivity contribution in [1.82, 2.24) is 9.66 Å². The van der Waals surface area contributed by atoms with Crippen LogP contribution in [0.4, 0.5) is 0 Å². The van der Waals surface area contributed by atoms with Gasteiger partial charge in [0.05, 0.1) is 24.2 Å². The predicted octanol–water partition coefficient (Wildman–Crippen LogP) is 4.54. The van der Waals surface area contributed by atoms with Crippen molar-refractivity contribution in [3.05, 3.63) is 74.8 Å². The number of carboxylic acid groups (broad SMARTS) is 1. The molecule has 3 aromatic rings. The molecule has 0 amide bonds. The van der Waals surface area contributed by atoms with Crippen molar-refractivity contribution in [3.63, 3.8) is 0 Å². The van der Waals surface area contributed by atoms with Crippen LogP contribution in [0.25, 0.3) is 10.9 Å². The van der Waals surface area contributed by atoms with Crippen molar-refractivity contribution < 1.29 is 19.4 Å². The number of carbonyl (C=O) groups is 1. The third-order valence-corrected chi connectivity index (χ3v) is 5.37. The number of aliphatic carboxylic acids is 1. The van der Waals surface area contributed by atoms with Gasteiger partial charge < -0.3 is 14.6 Å². The highest BCUT2D eigenvalue weighted by Gasteiger charge is 2.23. The average Bonchev–Trinajstić information content (AvgIpc) is 2.77.